The van der Waals surface area contributed by atoms with Crippen molar-refractivity contribution in [2.75, 3.05) is 13.1 Å². The Balaban J connectivity index is 1.94. The van der Waals surface area contributed by atoms with Crippen molar-refractivity contribution in [3.05, 3.63) is 0 Å². The molecule has 1 saturated carbocycles. The first-order chi connectivity index (χ1) is 6.11. The first kappa shape index (κ1) is 10.5. The number of hydrogen-bond donors (Lipinski definition) is 2. The number of carboxylic acids is 1. The average Bonchev–Trinajstić information content (AvgIpc) is 2.76. The smallest absolute Gasteiger partial charge is 0.306 e. The Labute approximate surface area is 79.5 Å². The van der Waals surface area contributed by atoms with Crippen LogP contribution in [0.25, 0.3) is 0 Å². The second kappa shape index (κ2) is 4.61. The Hall–Kier alpha value is -0.570. The summed E-state index contributed by atoms with van der Waals surface area (Å²) in [6.07, 6.45) is 2.04. The zero-order valence-electron chi connectivity index (χ0n) is 8.42. The highest BCUT2D eigenvalue weighted by molar-refractivity contribution is 5.73. The van der Waals surface area contributed by atoms with Crippen molar-refractivity contribution in [2.45, 2.75) is 26.7 Å². The topological polar surface area (TPSA) is 49.3 Å². The van der Waals surface area contributed by atoms with Gasteiger partial charge < -0.3 is 10.4 Å². The molecule has 3 heteroatoms. The van der Waals surface area contributed by atoms with Gasteiger partial charge in [0.15, 0.2) is 0 Å². The van der Waals surface area contributed by atoms with Gasteiger partial charge in [-0.05, 0) is 37.8 Å². The molecule has 0 aromatic rings. The van der Waals surface area contributed by atoms with E-state index in [2.05, 4.69) is 19.2 Å². The molecule has 0 aliphatic heterocycles. The summed E-state index contributed by atoms with van der Waals surface area (Å²) in [5.41, 5.74) is 0. The minimum atomic E-state index is -0.629. The third-order valence-electron chi connectivity index (χ3n) is 2.54. The van der Waals surface area contributed by atoms with E-state index in [-0.39, 0.29) is 5.92 Å². The van der Waals surface area contributed by atoms with Gasteiger partial charge in [0.25, 0.3) is 0 Å². The molecule has 1 aliphatic rings. The first-order valence-corrected chi connectivity index (χ1v) is 5.04. The van der Waals surface area contributed by atoms with Crippen LogP contribution in [-0.2, 0) is 4.79 Å². The molecule has 2 unspecified atom stereocenters. The Kier molecular flexibility index (Phi) is 3.72. The fourth-order valence-corrected chi connectivity index (χ4v) is 1.45. The van der Waals surface area contributed by atoms with E-state index in [0.29, 0.717) is 5.92 Å². The monoisotopic (exact) mass is 185 g/mol. The van der Waals surface area contributed by atoms with Crippen molar-refractivity contribution < 1.29 is 9.90 Å². The molecule has 0 aromatic carbocycles. The maximum atomic E-state index is 10.5. The minimum Gasteiger partial charge on any atom is -0.481 e. The van der Waals surface area contributed by atoms with Gasteiger partial charge in [-0.3, -0.25) is 4.79 Å². The van der Waals surface area contributed by atoms with E-state index in [1.807, 2.05) is 0 Å². The SMILES string of the molecule is CC(C)CCNCC1CC1C(=O)O. The van der Waals surface area contributed by atoms with Gasteiger partial charge in [-0.2, -0.15) is 0 Å². The van der Waals surface area contributed by atoms with Gasteiger partial charge in [-0.25, -0.2) is 0 Å². The van der Waals surface area contributed by atoms with Crippen LogP contribution in [-0.4, -0.2) is 24.2 Å². The summed E-state index contributed by atoms with van der Waals surface area (Å²) in [5.74, 6) is 0.425. The Bertz CT molecular complexity index is 180. The van der Waals surface area contributed by atoms with Crippen LogP contribution >= 0.6 is 0 Å². The van der Waals surface area contributed by atoms with Gasteiger partial charge in [0.1, 0.15) is 0 Å². The van der Waals surface area contributed by atoms with Crippen LogP contribution < -0.4 is 5.32 Å². The molecule has 0 saturated heterocycles. The van der Waals surface area contributed by atoms with Crippen LogP contribution in [0, 0.1) is 17.8 Å². The van der Waals surface area contributed by atoms with Crippen LogP contribution in [0.15, 0.2) is 0 Å². The summed E-state index contributed by atoms with van der Waals surface area (Å²) in [4.78, 5) is 10.5. The van der Waals surface area contributed by atoms with Gasteiger partial charge in [0.05, 0.1) is 5.92 Å². The number of nitrogens with one attached hydrogen (secondary N) is 1. The van der Waals surface area contributed by atoms with Crippen molar-refractivity contribution in [1.82, 2.24) is 5.32 Å². The molecule has 0 amide bonds. The van der Waals surface area contributed by atoms with Gasteiger partial charge in [-0.1, -0.05) is 13.8 Å². The molecule has 13 heavy (non-hydrogen) atoms. The standard InChI is InChI=1S/C10H19NO2/c1-7(2)3-4-11-6-8-5-9(8)10(12)13/h7-9,11H,3-6H2,1-2H3,(H,12,13). The van der Waals surface area contributed by atoms with Gasteiger partial charge in [0.2, 0.25) is 0 Å². The fraction of sp³-hybridized carbons (Fsp3) is 0.900. The third-order valence-corrected chi connectivity index (χ3v) is 2.54. The second-order valence-corrected chi connectivity index (χ2v) is 4.33. The van der Waals surface area contributed by atoms with E-state index >= 15 is 0 Å². The van der Waals surface area contributed by atoms with Crippen molar-refractivity contribution >= 4 is 5.97 Å². The second-order valence-electron chi connectivity index (χ2n) is 4.33. The van der Waals surface area contributed by atoms with Crippen molar-refractivity contribution in [1.29, 1.82) is 0 Å². The van der Waals surface area contributed by atoms with Gasteiger partial charge >= 0.3 is 5.97 Å². The minimum absolute atomic E-state index is 0.0634. The number of carboxylic acid groups (broad SMARTS) is 1. The van der Waals surface area contributed by atoms with Crippen LogP contribution in [0.3, 0.4) is 0 Å². The molecule has 0 radical (unpaired) electrons. The molecule has 1 fully saturated rings. The summed E-state index contributed by atoms with van der Waals surface area (Å²) < 4.78 is 0. The van der Waals surface area contributed by atoms with E-state index in [9.17, 15) is 4.79 Å². The zero-order valence-corrected chi connectivity index (χ0v) is 8.42. The molecule has 3 nitrogen and oxygen atoms in total. The zero-order chi connectivity index (χ0) is 9.84. The number of carbonyl (C=O) groups is 1. The molecule has 0 spiro atoms. The molecule has 1 rings (SSSR count). The fourth-order valence-electron chi connectivity index (χ4n) is 1.45. The largest absolute Gasteiger partial charge is 0.481 e. The summed E-state index contributed by atoms with van der Waals surface area (Å²) in [6.45, 7) is 6.28. The van der Waals surface area contributed by atoms with Crippen molar-refractivity contribution in [2.24, 2.45) is 17.8 Å². The van der Waals surface area contributed by atoms with E-state index in [1.165, 1.54) is 6.42 Å². The molecule has 1 aliphatic carbocycles. The highest BCUT2D eigenvalue weighted by atomic mass is 16.4. The highest BCUT2D eigenvalue weighted by Crippen LogP contribution is 2.37. The number of hydrogen-bond acceptors (Lipinski definition) is 2. The van der Waals surface area contributed by atoms with Crippen LogP contribution in [0.2, 0.25) is 0 Å². The van der Waals surface area contributed by atoms with Crippen LogP contribution in [0.1, 0.15) is 26.7 Å². The van der Waals surface area contributed by atoms with E-state index in [1.54, 1.807) is 0 Å². The maximum absolute atomic E-state index is 10.5. The predicted molar refractivity (Wildman–Crippen MR) is 51.6 cm³/mol. The first-order valence-electron chi connectivity index (χ1n) is 5.04. The number of aliphatic carboxylic acids is 1. The summed E-state index contributed by atoms with van der Waals surface area (Å²) in [6, 6.07) is 0. The summed E-state index contributed by atoms with van der Waals surface area (Å²) >= 11 is 0. The lowest BCUT2D eigenvalue weighted by Gasteiger charge is -2.05. The predicted octanol–water partition coefficient (Wildman–Crippen LogP) is 1.34. The third kappa shape index (κ3) is 3.77. The Morgan fingerprint density at radius 3 is 2.77 bits per heavy atom. The lowest BCUT2D eigenvalue weighted by Crippen LogP contribution is -2.20. The molecule has 2 atom stereocenters. The molecular weight excluding hydrogens is 166 g/mol. The van der Waals surface area contributed by atoms with E-state index in [4.69, 9.17) is 5.11 Å². The average molecular weight is 185 g/mol. The summed E-state index contributed by atoms with van der Waals surface area (Å²) in [5, 5.41) is 11.9. The van der Waals surface area contributed by atoms with Crippen LogP contribution in [0.4, 0.5) is 0 Å². The Morgan fingerprint density at radius 1 is 1.62 bits per heavy atom. The molecule has 0 heterocycles. The van der Waals surface area contributed by atoms with Gasteiger partial charge in [-0.15, -0.1) is 0 Å². The summed E-state index contributed by atoms with van der Waals surface area (Å²) in [7, 11) is 0. The van der Waals surface area contributed by atoms with E-state index in [0.717, 1.165) is 25.4 Å². The van der Waals surface area contributed by atoms with Crippen molar-refractivity contribution in [3.63, 3.8) is 0 Å². The number of rotatable bonds is 6. The molecule has 0 aromatic heterocycles. The molecule has 2 N–H and O–H groups in total. The molecule has 0 bridgehead atoms. The highest BCUT2D eigenvalue weighted by Gasteiger charge is 2.42. The maximum Gasteiger partial charge on any atom is 0.306 e. The molecule has 76 valence electrons. The normalized spacial score (nSPS) is 26.4. The van der Waals surface area contributed by atoms with Gasteiger partial charge in [0, 0.05) is 0 Å². The van der Waals surface area contributed by atoms with Crippen molar-refractivity contribution in [3.8, 4) is 0 Å². The Morgan fingerprint density at radius 2 is 2.31 bits per heavy atom. The lowest BCUT2D eigenvalue weighted by atomic mass is 10.1. The lowest BCUT2D eigenvalue weighted by molar-refractivity contribution is -0.138. The van der Waals surface area contributed by atoms with E-state index < -0.39 is 5.97 Å². The van der Waals surface area contributed by atoms with Crippen LogP contribution in [0.5, 0.6) is 0 Å². The molecular formula is C10H19NO2. The quantitative estimate of drug-likeness (QED) is 0.614.